The summed E-state index contributed by atoms with van der Waals surface area (Å²) < 4.78 is 62.7. The number of carbonyl (C=O) groups excluding carboxylic acids is 11. The van der Waals surface area contributed by atoms with E-state index in [1.165, 1.54) is 199 Å². The molecule has 0 amide bonds. The molecule has 0 aliphatic rings. The highest BCUT2D eigenvalue weighted by atomic mass is 32.2. The van der Waals surface area contributed by atoms with Gasteiger partial charge in [0.05, 0.1) is 81.5 Å². The predicted octanol–water partition coefficient (Wildman–Crippen LogP) is 22.7. The minimum Gasteiger partial charge on any atom is -0.466 e. The molecule has 0 spiro atoms. The first-order valence-electron chi connectivity index (χ1n) is 57.1. The van der Waals surface area contributed by atoms with E-state index in [2.05, 4.69) is 75.4 Å². The maximum absolute atomic E-state index is 14.0. The summed E-state index contributed by atoms with van der Waals surface area (Å²) >= 11 is 10.7. The molecule has 7 unspecified atom stereocenters. The van der Waals surface area contributed by atoms with Gasteiger partial charge in [0.15, 0.2) is 0 Å². The maximum Gasteiger partial charge on any atom is 0.309 e. The number of carbonyl (C=O) groups is 11. The van der Waals surface area contributed by atoms with Crippen LogP contribution in [0.25, 0.3) is 0 Å². The lowest BCUT2D eigenvalue weighted by Crippen LogP contribution is -2.44. The molecule has 0 aromatic rings. The molecule has 0 rings (SSSR count). The number of hydrogen-bond donors (Lipinski definition) is 1. The van der Waals surface area contributed by atoms with E-state index in [4.69, 9.17) is 52.1 Å². The Morgan fingerprint density at radius 1 is 0.214 bits per heavy atom. The van der Waals surface area contributed by atoms with Crippen molar-refractivity contribution in [2.45, 2.75) is 379 Å². The molecule has 1 N–H and O–H groups in total. The summed E-state index contributed by atoms with van der Waals surface area (Å²) in [7, 11) is 0. The van der Waals surface area contributed by atoms with Gasteiger partial charge >= 0.3 is 59.7 Å². The van der Waals surface area contributed by atoms with Crippen molar-refractivity contribution in [2.24, 2.45) is 35.5 Å². The van der Waals surface area contributed by atoms with Crippen molar-refractivity contribution in [3.05, 3.63) is 0 Å². The Balaban J connectivity index is 7.43. The third-order valence-corrected chi connectivity index (χ3v) is 33.3. The van der Waals surface area contributed by atoms with E-state index in [1.54, 1.807) is 47.0 Å². The van der Waals surface area contributed by atoms with Gasteiger partial charge in [0.25, 0.3) is 0 Å². The molecule has 0 radical (unpaired) electrons. The largest absolute Gasteiger partial charge is 0.466 e. The van der Waals surface area contributed by atoms with Gasteiger partial charge in [-0.3, -0.25) is 52.7 Å². The van der Waals surface area contributed by atoms with E-state index in [9.17, 15) is 52.7 Å². The number of Topliss-reactive ketones (excluding diaryl/α,β-unsaturated/α-hetero) is 1. The van der Waals surface area contributed by atoms with Gasteiger partial charge in [-0.2, -0.15) is 70.6 Å². The SMILES string of the molecule is CCCCCCCCSCC(C)C(=O)CCCOC(=O)CCNCCN(CCC(=O)OCCOC(=O)C(C)CSCCCCCCCC)CCN(CCC(=O)OCCOC(C)C(C)CSCCCCCCCC)CCN(CCC(=O)OCCOC(=O)C(C)CSCCCCCCCC)CCN(CCC(=O)OCCOC(=O)C(C)CSCCCCCCCC)CCC(=O)OCCOC(=O)C(C)CSCCCCCCCC. The van der Waals surface area contributed by atoms with E-state index in [0.29, 0.717) is 88.2 Å². The average molecular weight is 2170 g/mol. The number of rotatable bonds is 110. The van der Waals surface area contributed by atoms with Crippen molar-refractivity contribution in [2.75, 3.05) is 233 Å². The lowest BCUT2D eigenvalue weighted by molar-refractivity contribution is -0.154. The lowest BCUT2D eigenvalue weighted by atomic mass is 10.0. The van der Waals surface area contributed by atoms with Crippen LogP contribution < -0.4 is 5.32 Å². The highest BCUT2D eigenvalue weighted by molar-refractivity contribution is 8.00. The predicted molar refractivity (Wildman–Crippen MR) is 605 cm³/mol. The molecule has 33 heteroatoms. The van der Waals surface area contributed by atoms with Crippen molar-refractivity contribution in [3.63, 3.8) is 0 Å². The molecule has 0 aromatic heterocycles. The van der Waals surface area contributed by atoms with Crippen LogP contribution >= 0.6 is 70.6 Å². The highest BCUT2D eigenvalue weighted by Gasteiger charge is 2.25. The molecule has 0 saturated carbocycles. The number of nitrogens with one attached hydrogen (secondary N) is 1. The van der Waals surface area contributed by atoms with E-state index in [-0.39, 0.29) is 228 Å². The van der Waals surface area contributed by atoms with E-state index in [1.807, 2.05) is 63.0 Å². The Hall–Kier alpha value is -3.77. The van der Waals surface area contributed by atoms with Crippen LogP contribution in [0.15, 0.2) is 0 Å². The molecule has 0 saturated heterocycles. The Morgan fingerprint density at radius 3 is 0.717 bits per heavy atom. The quantitative estimate of drug-likeness (QED) is 0.0336. The van der Waals surface area contributed by atoms with Gasteiger partial charge in [-0.15, -0.1) is 0 Å². The highest BCUT2D eigenvalue weighted by Crippen LogP contribution is 2.23. The fraction of sp³-hybridized carbons (Fsp3) is 0.902. The number of thioether (sulfide) groups is 6. The summed E-state index contributed by atoms with van der Waals surface area (Å²) in [4.78, 5) is 156. The third-order valence-electron chi connectivity index (χ3n) is 25.4. The molecule has 0 fully saturated rings. The van der Waals surface area contributed by atoms with E-state index in [0.717, 1.165) is 78.1 Å². The van der Waals surface area contributed by atoms with Crippen LogP contribution in [0.2, 0.25) is 0 Å². The molecule has 7 atom stereocenters. The molecule has 0 aliphatic heterocycles. The Labute approximate surface area is 907 Å². The van der Waals surface area contributed by atoms with Crippen LogP contribution in [-0.4, -0.2) is 325 Å². The number of ketones is 1. The van der Waals surface area contributed by atoms with E-state index < -0.39 is 29.8 Å². The fourth-order valence-corrected chi connectivity index (χ4v) is 22.0. The topological polar surface area (TPSA) is 314 Å². The summed E-state index contributed by atoms with van der Waals surface area (Å²) in [6.45, 7) is 30.4. The van der Waals surface area contributed by atoms with Crippen LogP contribution in [0.3, 0.4) is 0 Å². The average Bonchev–Trinajstić information content (AvgIpc) is 0.915. The first kappa shape index (κ1) is 141. The van der Waals surface area contributed by atoms with Gasteiger partial charge in [-0.25, -0.2) is 0 Å². The van der Waals surface area contributed by atoms with Crippen molar-refractivity contribution < 1.29 is 105 Å². The molecule has 0 aromatic carbocycles. The van der Waals surface area contributed by atoms with Crippen LogP contribution in [0.1, 0.15) is 373 Å². The standard InChI is InChI=1S/C112H209N5O22S6/c1-14-20-26-32-38-44-83-140-89-95(7)101(13)129-73-74-131-107(123)56-64-117(69-67-115(62-55-106(122)134-77-81-138-111(127)99(11)93-144-87-48-42-36-30-24-18-5)65-59-113-58-52-103(119)130-72-50-51-102(118)96(8)90-141-84-45-39-33-27-21-15-2)71-70-116(63-57-108(124)135-78-82-139-112(128)100(12)94-145-88-49-43-37-31-25-19-6)68-66-114(60-53-104(120)132-75-79-136-109(125)97(9)91-142-85-46-40-34-28-22-16-3)61-54-105(121)133-76-80-137-110(126)98(10)92-143-86-47-41-35-29-23-17-4/h95-101,113H,14-94H2,1-13H3. The van der Waals surface area contributed by atoms with Crippen molar-refractivity contribution in [1.82, 2.24) is 24.9 Å². The molecular weight excluding hydrogens is 1960 g/mol. The number of ether oxygens (including phenoxy) is 11. The minimum atomic E-state index is -0.544. The summed E-state index contributed by atoms with van der Waals surface area (Å²) in [5.74, 6) is 5.04. The van der Waals surface area contributed by atoms with Gasteiger partial charge in [0, 0.05) is 133 Å². The van der Waals surface area contributed by atoms with Crippen LogP contribution in [0.4, 0.5) is 0 Å². The zero-order valence-electron chi connectivity index (χ0n) is 93.5. The molecular formula is C112H209N5O22S6. The minimum absolute atomic E-state index is 0.00794. The molecule has 0 bridgehead atoms. The first-order valence-corrected chi connectivity index (χ1v) is 64.1. The zero-order chi connectivity index (χ0) is 107. The second kappa shape index (κ2) is 105. The van der Waals surface area contributed by atoms with Crippen molar-refractivity contribution in [1.29, 1.82) is 0 Å². The Kier molecular flexibility index (Phi) is 102. The Bertz CT molecular complexity index is 3070. The van der Waals surface area contributed by atoms with Crippen molar-refractivity contribution >= 4 is 136 Å². The van der Waals surface area contributed by atoms with Gasteiger partial charge in [0.1, 0.15) is 65.2 Å². The summed E-state index contributed by atoms with van der Waals surface area (Å²) in [6, 6.07) is 0. The molecule has 27 nitrogen and oxygen atoms in total. The monoisotopic (exact) mass is 2170 g/mol. The molecule has 0 heterocycles. The second-order valence-corrected chi connectivity index (χ2v) is 46.2. The van der Waals surface area contributed by atoms with Crippen LogP contribution in [0, 0.1) is 35.5 Å². The number of unbranched alkanes of at least 4 members (excludes halogenated alkanes) is 30. The normalized spacial score (nSPS) is 13.1. The van der Waals surface area contributed by atoms with Crippen LogP contribution in [0.5, 0.6) is 0 Å². The van der Waals surface area contributed by atoms with Gasteiger partial charge in [0.2, 0.25) is 0 Å². The maximum atomic E-state index is 14.0. The number of esters is 10. The van der Waals surface area contributed by atoms with Gasteiger partial charge in [-0.05, 0) is 98.1 Å². The Morgan fingerprint density at radius 2 is 0.434 bits per heavy atom. The number of nitrogens with zero attached hydrogens (tertiary/aromatic N) is 4. The summed E-state index contributed by atoms with van der Waals surface area (Å²) in [5.41, 5.74) is 0. The van der Waals surface area contributed by atoms with E-state index >= 15 is 0 Å². The zero-order valence-corrected chi connectivity index (χ0v) is 98.4. The van der Waals surface area contributed by atoms with Gasteiger partial charge in [-0.1, -0.05) is 276 Å². The first-order chi connectivity index (χ1) is 70.3. The molecule has 0 aliphatic carbocycles. The number of hydrogen-bond acceptors (Lipinski definition) is 33. The molecule has 850 valence electrons. The molecule has 145 heavy (non-hydrogen) atoms. The van der Waals surface area contributed by atoms with Crippen molar-refractivity contribution in [3.8, 4) is 0 Å². The fourth-order valence-electron chi connectivity index (χ4n) is 15.4. The van der Waals surface area contributed by atoms with Gasteiger partial charge < -0.3 is 77.0 Å². The smallest absolute Gasteiger partial charge is 0.309 e. The second-order valence-electron chi connectivity index (χ2n) is 39.3. The summed E-state index contributed by atoms with van der Waals surface area (Å²) in [6.07, 6.45) is 44.2. The summed E-state index contributed by atoms with van der Waals surface area (Å²) in [5, 5.41) is 3.39. The third kappa shape index (κ3) is 92.5. The van der Waals surface area contributed by atoms with Crippen LogP contribution in [-0.2, 0) is 105 Å². The lowest BCUT2D eigenvalue weighted by Gasteiger charge is -2.31.